The molecule has 5 rings (SSSR count). The van der Waals surface area contributed by atoms with Crippen LogP contribution >= 0.6 is 23.4 Å². The van der Waals surface area contributed by atoms with Gasteiger partial charge in [-0.15, -0.1) is 11.8 Å². The van der Waals surface area contributed by atoms with Crippen LogP contribution in [0, 0.1) is 11.6 Å². The largest absolute Gasteiger partial charge is 0.352 e. The number of anilines is 1. The topological polar surface area (TPSA) is 70.5 Å². The van der Waals surface area contributed by atoms with Crippen LogP contribution in [0.1, 0.15) is 0 Å². The Balaban J connectivity index is 0.000000967. The van der Waals surface area contributed by atoms with Gasteiger partial charge in [-0.2, -0.15) is 4.98 Å². The van der Waals surface area contributed by atoms with Crippen molar-refractivity contribution in [2.75, 3.05) is 50.9 Å². The molecule has 0 saturated carbocycles. The molecule has 0 radical (unpaired) electrons. The third-order valence-electron chi connectivity index (χ3n) is 5.98. The van der Waals surface area contributed by atoms with Crippen molar-refractivity contribution in [1.82, 2.24) is 19.8 Å². The number of benzene rings is 2. The number of nitrogens with one attached hydrogen (secondary N) is 1. The maximum atomic E-state index is 14.7. The molecule has 11 heteroatoms. The first-order chi connectivity index (χ1) is 17.3. The van der Waals surface area contributed by atoms with Crippen LogP contribution in [0.3, 0.4) is 0 Å². The van der Waals surface area contributed by atoms with E-state index in [-0.39, 0.29) is 11.5 Å². The molecule has 1 N–H and O–H groups in total. The molecule has 0 unspecified atom stereocenters. The molecule has 0 spiro atoms. The minimum atomic E-state index is -0.718. The number of carbonyl (C=O) groups excluding carboxylic acids is 1. The van der Waals surface area contributed by atoms with Gasteiger partial charge in [0.15, 0.2) is 0 Å². The van der Waals surface area contributed by atoms with Gasteiger partial charge >= 0.3 is 5.69 Å². The molecule has 7 nitrogen and oxygen atoms in total. The van der Waals surface area contributed by atoms with E-state index in [0.717, 1.165) is 6.07 Å². The first-order valence-electron chi connectivity index (χ1n) is 11.4. The third-order valence-corrected chi connectivity index (χ3v) is 7.35. The summed E-state index contributed by atoms with van der Waals surface area (Å²) in [6.07, 6.45) is 1.29. The molecule has 1 fully saturated rings. The summed E-state index contributed by atoms with van der Waals surface area (Å²) in [6, 6.07) is 5.08. The molecule has 1 amide bonds. The van der Waals surface area contributed by atoms with Crippen LogP contribution in [0.2, 0.25) is 5.02 Å². The van der Waals surface area contributed by atoms with Gasteiger partial charge in [0.1, 0.15) is 17.5 Å². The second-order valence-electron chi connectivity index (χ2n) is 8.32. The third kappa shape index (κ3) is 4.85. The molecule has 3 heterocycles. The molecule has 2 aliphatic rings. The predicted molar refractivity (Wildman–Crippen MR) is 141 cm³/mol. The molecule has 3 aromatic rings. The zero-order valence-corrected chi connectivity index (χ0v) is 21.6. The van der Waals surface area contributed by atoms with Crippen molar-refractivity contribution in [2.45, 2.75) is 11.4 Å². The Morgan fingerprint density at radius 3 is 2.50 bits per heavy atom. The van der Waals surface area contributed by atoms with Crippen molar-refractivity contribution >= 4 is 46.0 Å². The molecule has 0 atom stereocenters. The van der Waals surface area contributed by atoms with Gasteiger partial charge in [0, 0.05) is 66.0 Å². The highest BCUT2D eigenvalue weighted by atomic mass is 35.5. The monoisotopic (exact) mass is 533 g/mol. The number of aryl methyl sites for hydroxylation is 1. The van der Waals surface area contributed by atoms with E-state index in [4.69, 9.17) is 11.6 Å². The van der Waals surface area contributed by atoms with Crippen LogP contribution in [0.15, 0.2) is 46.6 Å². The molecule has 190 valence electrons. The predicted octanol–water partition coefficient (Wildman–Crippen LogP) is 3.77. The van der Waals surface area contributed by atoms with Crippen molar-refractivity contribution in [2.24, 2.45) is 0 Å². The average molecular weight is 534 g/mol. The highest BCUT2D eigenvalue weighted by molar-refractivity contribution is 7.99. The minimum Gasteiger partial charge on any atom is -0.352 e. The summed E-state index contributed by atoms with van der Waals surface area (Å²) in [5.74, 6) is -0.433. The first-order valence-corrected chi connectivity index (χ1v) is 12.8. The Morgan fingerprint density at radius 2 is 1.86 bits per heavy atom. The number of rotatable bonds is 3. The molecule has 1 saturated heterocycles. The number of hydrogen-bond acceptors (Lipinski definition) is 6. The van der Waals surface area contributed by atoms with E-state index in [1.165, 1.54) is 30.0 Å². The Hall–Kier alpha value is -2.95. The maximum absolute atomic E-state index is 14.7. The lowest BCUT2D eigenvalue weighted by Gasteiger charge is -2.36. The normalized spacial score (nSPS) is 14.9. The average Bonchev–Trinajstić information content (AvgIpc) is 2.87. The highest BCUT2D eigenvalue weighted by Gasteiger charge is 2.28. The highest BCUT2D eigenvalue weighted by Crippen LogP contribution is 2.46. The van der Waals surface area contributed by atoms with Gasteiger partial charge in [-0.3, -0.25) is 9.36 Å². The van der Waals surface area contributed by atoms with Gasteiger partial charge in [0.25, 0.3) is 0 Å². The Bertz CT molecular complexity index is 1390. The SMILES string of the molecule is C=CC(=O)N1CCN(c2nc(=O)n3c4c(c(-c5ccc(F)cc5F)c(Cl)cc24)SCC3)CC1.CNC. The van der Waals surface area contributed by atoms with Crippen molar-refractivity contribution in [3.05, 3.63) is 64.1 Å². The van der Waals surface area contributed by atoms with E-state index < -0.39 is 17.3 Å². The number of hydrogen-bond donors (Lipinski definition) is 1. The Morgan fingerprint density at radius 1 is 1.17 bits per heavy atom. The van der Waals surface area contributed by atoms with E-state index in [1.54, 1.807) is 15.5 Å². The number of halogens is 3. The molecule has 2 aliphatic heterocycles. The van der Waals surface area contributed by atoms with Crippen LogP contribution in [0.4, 0.5) is 14.6 Å². The molecular weight excluding hydrogens is 508 g/mol. The van der Waals surface area contributed by atoms with Gasteiger partial charge in [0.05, 0.1) is 10.5 Å². The zero-order valence-electron chi connectivity index (χ0n) is 20.0. The number of thioether (sulfide) groups is 1. The van der Waals surface area contributed by atoms with E-state index in [2.05, 4.69) is 16.9 Å². The van der Waals surface area contributed by atoms with Gasteiger partial charge in [0.2, 0.25) is 5.91 Å². The van der Waals surface area contributed by atoms with Crippen molar-refractivity contribution in [3.63, 3.8) is 0 Å². The zero-order chi connectivity index (χ0) is 26.0. The maximum Gasteiger partial charge on any atom is 0.350 e. The lowest BCUT2D eigenvalue weighted by Crippen LogP contribution is -2.49. The number of nitrogens with zero attached hydrogens (tertiary/aromatic N) is 4. The van der Waals surface area contributed by atoms with Gasteiger partial charge in [-0.1, -0.05) is 18.2 Å². The van der Waals surface area contributed by atoms with E-state index in [9.17, 15) is 18.4 Å². The van der Waals surface area contributed by atoms with Crippen molar-refractivity contribution < 1.29 is 13.6 Å². The lowest BCUT2D eigenvalue weighted by atomic mass is 10.0. The van der Waals surface area contributed by atoms with Crippen LogP contribution in [0.25, 0.3) is 22.0 Å². The van der Waals surface area contributed by atoms with Gasteiger partial charge in [-0.25, -0.2) is 13.6 Å². The molecule has 1 aromatic heterocycles. The molecule has 2 aromatic carbocycles. The molecular formula is C25H26ClF2N5O2S. The fraction of sp³-hybridized carbons (Fsp3) is 0.320. The quantitative estimate of drug-likeness (QED) is 0.517. The van der Waals surface area contributed by atoms with Gasteiger partial charge in [-0.05, 0) is 38.4 Å². The molecule has 0 bridgehead atoms. The summed E-state index contributed by atoms with van der Waals surface area (Å²) in [6.45, 7) is 5.95. The van der Waals surface area contributed by atoms with Crippen LogP contribution in [-0.4, -0.2) is 66.4 Å². The second-order valence-corrected chi connectivity index (χ2v) is 9.83. The summed E-state index contributed by atoms with van der Waals surface area (Å²) in [5.41, 5.74) is 0.880. The van der Waals surface area contributed by atoms with Crippen molar-refractivity contribution in [1.29, 1.82) is 0 Å². The second kappa shape index (κ2) is 11.0. The Kier molecular flexibility index (Phi) is 7.97. The number of piperazine rings is 1. The summed E-state index contributed by atoms with van der Waals surface area (Å²) in [5, 5.41) is 3.74. The number of aromatic nitrogens is 2. The van der Waals surface area contributed by atoms with Crippen LogP contribution in [0.5, 0.6) is 0 Å². The van der Waals surface area contributed by atoms with Crippen LogP contribution in [-0.2, 0) is 11.3 Å². The standard InChI is InChI=1S/C23H19ClF2N4O2S.C2H7N/c1-2-18(31)28-5-7-29(8-6-28)22-15-12-16(24)19(14-4-3-13(25)11-17(14)26)21-20(15)30(9-10-33-21)23(32)27-22;1-3-2/h2-4,11-12H,1,5-10H2;3H,1-2H3. The molecule has 0 aliphatic carbocycles. The van der Waals surface area contributed by atoms with E-state index in [0.29, 0.717) is 70.7 Å². The van der Waals surface area contributed by atoms with Crippen LogP contribution < -0.4 is 15.9 Å². The minimum absolute atomic E-state index is 0.134. The number of carbonyl (C=O) groups is 1. The summed E-state index contributed by atoms with van der Waals surface area (Å²) in [4.78, 5) is 33.6. The molecule has 36 heavy (non-hydrogen) atoms. The van der Waals surface area contributed by atoms with Gasteiger partial charge < -0.3 is 15.1 Å². The van der Waals surface area contributed by atoms with E-state index >= 15 is 0 Å². The lowest BCUT2D eigenvalue weighted by molar-refractivity contribution is -0.126. The smallest absolute Gasteiger partial charge is 0.350 e. The number of amides is 1. The summed E-state index contributed by atoms with van der Waals surface area (Å²) < 4.78 is 29.8. The fourth-order valence-electron chi connectivity index (χ4n) is 4.40. The fourth-order valence-corrected chi connectivity index (χ4v) is 5.96. The summed E-state index contributed by atoms with van der Waals surface area (Å²) in [7, 11) is 3.75. The first kappa shape index (κ1) is 26.1. The Labute approximate surface area is 216 Å². The van der Waals surface area contributed by atoms with E-state index in [1.807, 2.05) is 19.0 Å². The van der Waals surface area contributed by atoms with Crippen molar-refractivity contribution in [3.8, 4) is 11.1 Å². The summed E-state index contributed by atoms with van der Waals surface area (Å²) >= 11 is 8.16.